The van der Waals surface area contributed by atoms with Crippen molar-refractivity contribution in [3.63, 3.8) is 0 Å². The molecule has 0 aromatic carbocycles. The molecule has 4 heterocycles. The summed E-state index contributed by atoms with van der Waals surface area (Å²) in [5.41, 5.74) is 8.71. The fraction of sp³-hybridized carbons (Fsp3) is 0.174. The van der Waals surface area contributed by atoms with Crippen molar-refractivity contribution in [3.8, 4) is 11.8 Å². The van der Waals surface area contributed by atoms with Gasteiger partial charge in [0.25, 0.3) is 0 Å². The lowest BCUT2D eigenvalue weighted by atomic mass is 10.1. The van der Waals surface area contributed by atoms with Crippen LogP contribution in [0.1, 0.15) is 22.6 Å². The fourth-order valence-corrected chi connectivity index (χ4v) is 3.53. The van der Waals surface area contributed by atoms with Gasteiger partial charge >= 0.3 is 7.82 Å². The quantitative estimate of drug-likeness (QED) is 0.328. The normalized spacial score (nSPS) is 13.7. The van der Waals surface area contributed by atoms with E-state index in [-0.39, 0.29) is 24.9 Å². The zero-order chi connectivity index (χ0) is 26.4. The van der Waals surface area contributed by atoms with Gasteiger partial charge < -0.3 is 34.4 Å². The number of pyridine rings is 2. The van der Waals surface area contributed by atoms with Crippen LogP contribution in [0.5, 0.6) is 11.8 Å². The van der Waals surface area contributed by atoms with Crippen LogP contribution in [-0.2, 0) is 22.1 Å². The number of phosphoric acid groups is 1. The molecule has 3 aromatic heterocycles. The zero-order valence-corrected chi connectivity index (χ0v) is 20.4. The van der Waals surface area contributed by atoms with E-state index in [1.807, 2.05) is 0 Å². The Bertz CT molecular complexity index is 1380. The zero-order valence-electron chi connectivity index (χ0n) is 19.5. The molecule has 0 unspecified atom stereocenters. The Kier molecular flexibility index (Phi) is 7.99. The van der Waals surface area contributed by atoms with Crippen LogP contribution in [0.25, 0.3) is 5.57 Å². The average molecular weight is 531 g/mol. The van der Waals surface area contributed by atoms with Crippen LogP contribution in [0.4, 0.5) is 4.39 Å². The highest BCUT2D eigenvalue weighted by atomic mass is 31.2. The average Bonchev–Trinajstić information content (AvgIpc) is 3.24. The van der Waals surface area contributed by atoms with E-state index < -0.39 is 13.6 Å². The van der Waals surface area contributed by atoms with Gasteiger partial charge in [0.1, 0.15) is 19.2 Å². The van der Waals surface area contributed by atoms with E-state index in [2.05, 4.69) is 19.6 Å². The smallest absolute Gasteiger partial charge is 0.471 e. The molecule has 0 aliphatic carbocycles. The number of phosphoric ester groups is 1. The molecule has 0 radical (unpaired) electrons. The van der Waals surface area contributed by atoms with Crippen molar-refractivity contribution < 1.29 is 37.3 Å². The molecule has 0 saturated carbocycles. The predicted octanol–water partition coefficient (Wildman–Crippen LogP) is 2.86. The minimum Gasteiger partial charge on any atom is -0.481 e. The molecule has 0 fully saturated rings. The highest BCUT2D eigenvalue weighted by molar-refractivity contribution is 7.46. The Morgan fingerprint density at radius 1 is 1.19 bits per heavy atom. The highest BCUT2D eigenvalue weighted by Crippen LogP contribution is 2.36. The van der Waals surface area contributed by atoms with E-state index in [9.17, 15) is 8.96 Å². The lowest BCUT2D eigenvalue weighted by Gasteiger charge is -2.16. The predicted molar refractivity (Wildman–Crippen MR) is 128 cm³/mol. The van der Waals surface area contributed by atoms with Crippen molar-refractivity contribution >= 4 is 13.4 Å². The summed E-state index contributed by atoms with van der Waals surface area (Å²) >= 11 is 0. The van der Waals surface area contributed by atoms with E-state index in [0.717, 1.165) is 11.8 Å². The third kappa shape index (κ3) is 7.24. The van der Waals surface area contributed by atoms with Crippen molar-refractivity contribution in [1.82, 2.24) is 20.0 Å². The van der Waals surface area contributed by atoms with E-state index in [1.54, 1.807) is 42.7 Å². The molecule has 0 saturated heterocycles. The molecule has 0 bridgehead atoms. The number of methoxy groups -OCH3 is 1. The summed E-state index contributed by atoms with van der Waals surface area (Å²) in [6.07, 6.45) is 9.43. The number of hydrogen-bond donors (Lipinski definition) is 3. The number of ether oxygens (including phenoxy) is 2. The topological polar surface area (TPSA) is 166 Å². The summed E-state index contributed by atoms with van der Waals surface area (Å²) in [5.74, 6) is 0.514. The van der Waals surface area contributed by atoms with Crippen LogP contribution in [0.2, 0.25) is 0 Å². The third-order valence-corrected chi connectivity index (χ3v) is 5.48. The lowest BCUT2D eigenvalue weighted by Crippen LogP contribution is -2.15. The SMILES string of the molecule is COc1cc(COc2ccc(Cc3cc(C4=CC=CN(COP(=O)(O)O)C=C4N)on3)cn2)c(F)cn1. The number of nitrogens with zero attached hydrogens (tertiary/aromatic N) is 4. The first-order valence-electron chi connectivity index (χ1n) is 10.7. The Morgan fingerprint density at radius 2 is 2.00 bits per heavy atom. The minimum absolute atomic E-state index is 0.0366. The van der Waals surface area contributed by atoms with Gasteiger partial charge in [-0.05, 0) is 17.7 Å². The molecule has 1 aliphatic rings. The maximum Gasteiger partial charge on any atom is 0.471 e. The summed E-state index contributed by atoms with van der Waals surface area (Å²) in [6.45, 7) is -0.423. The second kappa shape index (κ2) is 11.4. The summed E-state index contributed by atoms with van der Waals surface area (Å²) in [7, 11) is -3.18. The second-order valence-electron chi connectivity index (χ2n) is 7.74. The van der Waals surface area contributed by atoms with Crippen LogP contribution < -0.4 is 15.2 Å². The van der Waals surface area contributed by atoms with Crippen molar-refractivity contribution in [3.05, 3.63) is 95.3 Å². The number of hydrogen-bond acceptors (Lipinski definition) is 10. The lowest BCUT2D eigenvalue weighted by molar-refractivity contribution is 0.146. The van der Waals surface area contributed by atoms with Crippen molar-refractivity contribution in [2.24, 2.45) is 5.73 Å². The number of halogens is 1. The molecule has 3 aromatic rings. The maximum atomic E-state index is 13.9. The van der Waals surface area contributed by atoms with Gasteiger partial charge in [0.05, 0.1) is 24.7 Å². The molecule has 0 atom stereocenters. The largest absolute Gasteiger partial charge is 0.481 e. The minimum atomic E-state index is -4.62. The van der Waals surface area contributed by atoms with Gasteiger partial charge in [0, 0.05) is 54.4 Å². The Hall–Kier alpha value is -4.03. The van der Waals surface area contributed by atoms with Crippen LogP contribution >= 0.6 is 7.82 Å². The summed E-state index contributed by atoms with van der Waals surface area (Å²) in [5, 5.41) is 4.08. The van der Waals surface area contributed by atoms with Gasteiger partial charge in [-0.15, -0.1) is 0 Å². The molecule has 14 heteroatoms. The Labute approximate surface area is 210 Å². The highest BCUT2D eigenvalue weighted by Gasteiger charge is 2.18. The molecule has 12 nitrogen and oxygen atoms in total. The summed E-state index contributed by atoms with van der Waals surface area (Å²) in [6, 6.07) is 6.66. The van der Waals surface area contributed by atoms with E-state index in [1.165, 1.54) is 24.3 Å². The van der Waals surface area contributed by atoms with Crippen molar-refractivity contribution in [2.75, 3.05) is 13.8 Å². The number of allylic oxidation sites excluding steroid dienone is 3. The van der Waals surface area contributed by atoms with Gasteiger partial charge in [-0.1, -0.05) is 11.2 Å². The third-order valence-electron chi connectivity index (χ3n) is 5.03. The Balaban J connectivity index is 1.36. The first kappa shape index (κ1) is 26.0. The maximum absolute atomic E-state index is 13.9. The van der Waals surface area contributed by atoms with Gasteiger partial charge in [-0.3, -0.25) is 4.52 Å². The monoisotopic (exact) mass is 531 g/mol. The van der Waals surface area contributed by atoms with Crippen LogP contribution in [0, 0.1) is 5.82 Å². The molecule has 4 N–H and O–H groups in total. The Morgan fingerprint density at radius 3 is 2.73 bits per heavy atom. The molecule has 0 amide bonds. The van der Waals surface area contributed by atoms with Crippen LogP contribution in [-0.4, -0.2) is 43.7 Å². The molecular weight excluding hydrogens is 508 g/mol. The van der Waals surface area contributed by atoms with E-state index in [0.29, 0.717) is 34.9 Å². The number of rotatable bonds is 10. The second-order valence-corrected chi connectivity index (χ2v) is 8.98. The van der Waals surface area contributed by atoms with E-state index in [4.69, 9.17) is 29.5 Å². The molecule has 4 rings (SSSR count). The number of nitrogens with two attached hydrogens (primary N) is 1. The van der Waals surface area contributed by atoms with E-state index >= 15 is 0 Å². The summed E-state index contributed by atoms with van der Waals surface area (Å²) in [4.78, 5) is 27.2. The first-order chi connectivity index (χ1) is 17.7. The standard InChI is InChI=1S/C23H23FN5O7P/c1-33-23-8-16(19(24)11-27-23)13-34-22-5-4-15(10-26-22)7-17-9-21(36-28-17)18-3-2-6-29(12-20(18)25)14-35-37(30,31)32/h2-6,8-12H,7,13-14,25H2,1H3,(H2,30,31,32). The first-order valence-corrected chi connectivity index (χ1v) is 12.3. The number of aromatic nitrogens is 3. The fourth-order valence-electron chi connectivity index (χ4n) is 3.25. The molecule has 1 aliphatic heterocycles. The molecule has 194 valence electrons. The summed E-state index contributed by atoms with van der Waals surface area (Å²) < 4.78 is 45.3. The van der Waals surface area contributed by atoms with Gasteiger partial charge in [-0.2, -0.15) is 0 Å². The van der Waals surface area contributed by atoms with Crippen molar-refractivity contribution in [2.45, 2.75) is 13.0 Å². The van der Waals surface area contributed by atoms with Crippen molar-refractivity contribution in [1.29, 1.82) is 0 Å². The molecule has 0 spiro atoms. The molecule has 37 heavy (non-hydrogen) atoms. The van der Waals surface area contributed by atoms with Gasteiger partial charge in [0.15, 0.2) is 5.76 Å². The van der Waals surface area contributed by atoms with Gasteiger partial charge in [0.2, 0.25) is 11.8 Å². The molecular formula is C23H23FN5O7P. The van der Waals surface area contributed by atoms with Crippen LogP contribution in [0.15, 0.2) is 71.4 Å². The van der Waals surface area contributed by atoms with Gasteiger partial charge in [-0.25, -0.2) is 18.9 Å². The van der Waals surface area contributed by atoms with Crippen LogP contribution in [0.3, 0.4) is 0 Å².